The SMILES string of the molecule is CC1(C)c2ccccc2-c2ccc(C3=NC(c4ccc5c(c4)C(C)(C)c4ccccc4-5)N=C(c4cc(-c5ccccn5)cc(-c5ccccn5)c4)N3)cc21. The van der Waals surface area contributed by atoms with Gasteiger partial charge in [-0.05, 0) is 98.6 Å². The maximum Gasteiger partial charge on any atom is 0.169 e. The summed E-state index contributed by atoms with van der Waals surface area (Å²) in [6.45, 7) is 9.28. The molecule has 0 bridgehead atoms. The summed E-state index contributed by atoms with van der Waals surface area (Å²) < 4.78 is 0. The third-order valence-corrected chi connectivity index (χ3v) is 11.6. The summed E-state index contributed by atoms with van der Waals surface area (Å²) in [5.41, 5.74) is 17.0. The zero-order chi connectivity index (χ0) is 36.6. The number of amidine groups is 2. The van der Waals surface area contributed by atoms with Gasteiger partial charge in [-0.3, -0.25) is 9.97 Å². The molecule has 1 N–H and O–H groups in total. The lowest BCUT2D eigenvalue weighted by atomic mass is 9.82. The fourth-order valence-electron chi connectivity index (χ4n) is 8.75. The first kappa shape index (κ1) is 32.2. The van der Waals surface area contributed by atoms with Crippen LogP contribution in [0.15, 0.2) is 162 Å². The van der Waals surface area contributed by atoms with Gasteiger partial charge in [0.25, 0.3) is 0 Å². The summed E-state index contributed by atoms with van der Waals surface area (Å²) in [6.07, 6.45) is 3.21. The highest BCUT2D eigenvalue weighted by Gasteiger charge is 2.37. The molecule has 5 nitrogen and oxygen atoms in total. The maximum atomic E-state index is 5.40. The Kier molecular flexibility index (Phi) is 7.18. The molecule has 10 rings (SSSR count). The number of pyridine rings is 2. The van der Waals surface area contributed by atoms with Crippen LogP contribution in [0.1, 0.15) is 72.8 Å². The number of fused-ring (bicyclic) bond motifs is 6. The van der Waals surface area contributed by atoms with E-state index in [-0.39, 0.29) is 10.8 Å². The lowest BCUT2D eigenvalue weighted by molar-refractivity contribution is 0.656. The van der Waals surface area contributed by atoms with E-state index in [0.717, 1.165) is 50.9 Å². The molecule has 0 spiro atoms. The molecule has 1 aliphatic heterocycles. The van der Waals surface area contributed by atoms with Gasteiger partial charge in [-0.2, -0.15) is 0 Å². The lowest BCUT2D eigenvalue weighted by Crippen LogP contribution is -2.36. The monoisotopic (exact) mass is 697 g/mol. The van der Waals surface area contributed by atoms with Crippen molar-refractivity contribution < 1.29 is 0 Å². The van der Waals surface area contributed by atoms with Gasteiger partial charge >= 0.3 is 0 Å². The number of aliphatic imine (C=N–C) groups is 2. The predicted octanol–water partition coefficient (Wildman–Crippen LogP) is 10.9. The third kappa shape index (κ3) is 5.07. The molecule has 3 heterocycles. The van der Waals surface area contributed by atoms with Crippen LogP contribution in [0.3, 0.4) is 0 Å². The fraction of sp³-hybridized carbons (Fsp3) is 0.143. The molecule has 0 fully saturated rings. The van der Waals surface area contributed by atoms with E-state index in [0.29, 0.717) is 0 Å². The van der Waals surface area contributed by atoms with Crippen LogP contribution in [-0.4, -0.2) is 21.6 Å². The van der Waals surface area contributed by atoms with E-state index in [1.54, 1.807) is 0 Å². The van der Waals surface area contributed by atoms with Crippen molar-refractivity contribution in [3.8, 4) is 44.8 Å². The first-order chi connectivity index (χ1) is 26.3. The van der Waals surface area contributed by atoms with Gasteiger partial charge in [0.2, 0.25) is 0 Å². The third-order valence-electron chi connectivity index (χ3n) is 11.6. The van der Waals surface area contributed by atoms with E-state index in [2.05, 4.69) is 136 Å². The molecule has 5 heteroatoms. The number of aromatic nitrogens is 2. The van der Waals surface area contributed by atoms with E-state index >= 15 is 0 Å². The topological polar surface area (TPSA) is 62.5 Å². The van der Waals surface area contributed by atoms with Gasteiger partial charge < -0.3 is 5.32 Å². The van der Waals surface area contributed by atoms with Gasteiger partial charge in [0.1, 0.15) is 11.7 Å². The first-order valence-corrected chi connectivity index (χ1v) is 18.7. The van der Waals surface area contributed by atoms with Crippen molar-refractivity contribution in [2.75, 3.05) is 0 Å². The second-order valence-electron chi connectivity index (χ2n) is 15.6. The van der Waals surface area contributed by atoms with Crippen molar-refractivity contribution in [1.82, 2.24) is 15.3 Å². The molecule has 0 saturated heterocycles. The second-order valence-corrected chi connectivity index (χ2v) is 15.6. The molecular formula is C49H39N5. The second kappa shape index (κ2) is 12.0. The fourth-order valence-corrected chi connectivity index (χ4v) is 8.75. The van der Waals surface area contributed by atoms with Crippen LogP contribution in [0.4, 0.5) is 0 Å². The van der Waals surface area contributed by atoms with E-state index in [4.69, 9.17) is 20.0 Å². The summed E-state index contributed by atoms with van der Waals surface area (Å²) >= 11 is 0. The zero-order valence-electron chi connectivity index (χ0n) is 30.8. The Balaban J connectivity index is 1.14. The summed E-state index contributed by atoms with van der Waals surface area (Å²) in [7, 11) is 0. The molecule has 0 radical (unpaired) electrons. The number of benzene rings is 5. The van der Waals surface area contributed by atoms with Crippen molar-refractivity contribution in [3.63, 3.8) is 0 Å². The Bertz CT molecular complexity index is 2630. The van der Waals surface area contributed by atoms with Crippen molar-refractivity contribution in [3.05, 3.63) is 191 Å². The summed E-state index contributed by atoms with van der Waals surface area (Å²) in [4.78, 5) is 20.2. The minimum absolute atomic E-state index is 0.136. The Morgan fingerprint density at radius 3 is 1.48 bits per heavy atom. The predicted molar refractivity (Wildman–Crippen MR) is 220 cm³/mol. The Hall–Kier alpha value is -6.46. The number of nitrogens with zero attached hydrogens (tertiary/aromatic N) is 4. The molecule has 2 aliphatic carbocycles. The van der Waals surface area contributed by atoms with Crippen molar-refractivity contribution in [2.24, 2.45) is 9.98 Å². The highest BCUT2D eigenvalue weighted by Crippen LogP contribution is 2.50. The largest absolute Gasteiger partial charge is 0.324 e. The number of hydrogen-bond donors (Lipinski definition) is 1. The highest BCUT2D eigenvalue weighted by molar-refractivity contribution is 6.16. The molecular weight excluding hydrogens is 659 g/mol. The molecule has 0 amide bonds. The molecule has 54 heavy (non-hydrogen) atoms. The van der Waals surface area contributed by atoms with Crippen LogP contribution in [0.25, 0.3) is 44.8 Å². The smallest absolute Gasteiger partial charge is 0.169 e. The molecule has 3 aliphatic rings. The Morgan fingerprint density at radius 2 is 0.907 bits per heavy atom. The van der Waals surface area contributed by atoms with E-state index < -0.39 is 6.17 Å². The minimum atomic E-state index is -0.462. The first-order valence-electron chi connectivity index (χ1n) is 18.7. The molecule has 1 atom stereocenters. The molecule has 5 aromatic carbocycles. The van der Waals surface area contributed by atoms with Crippen LogP contribution in [0.2, 0.25) is 0 Å². The maximum absolute atomic E-state index is 5.40. The van der Waals surface area contributed by atoms with Gasteiger partial charge in [0.05, 0.1) is 11.4 Å². The number of rotatable bonds is 5. The van der Waals surface area contributed by atoms with Gasteiger partial charge in [0.15, 0.2) is 6.17 Å². The molecule has 0 saturated carbocycles. The van der Waals surface area contributed by atoms with Crippen LogP contribution in [0.5, 0.6) is 0 Å². The van der Waals surface area contributed by atoms with Gasteiger partial charge in [0, 0.05) is 45.5 Å². The van der Waals surface area contributed by atoms with Crippen molar-refractivity contribution in [2.45, 2.75) is 44.7 Å². The normalized spacial score (nSPS) is 17.0. The Morgan fingerprint density at radius 1 is 0.426 bits per heavy atom. The average Bonchev–Trinajstić information content (AvgIpc) is 3.60. The van der Waals surface area contributed by atoms with Crippen LogP contribution >= 0.6 is 0 Å². The van der Waals surface area contributed by atoms with Crippen LogP contribution < -0.4 is 5.32 Å². The molecule has 260 valence electrons. The quantitative estimate of drug-likeness (QED) is 0.195. The van der Waals surface area contributed by atoms with Gasteiger partial charge in [-0.15, -0.1) is 0 Å². The summed E-state index contributed by atoms with van der Waals surface area (Å²) in [5, 5.41) is 3.72. The van der Waals surface area contributed by atoms with Gasteiger partial charge in [-0.1, -0.05) is 119 Å². The highest BCUT2D eigenvalue weighted by atomic mass is 15.2. The molecule has 2 aromatic heterocycles. The van der Waals surface area contributed by atoms with Crippen LogP contribution in [-0.2, 0) is 10.8 Å². The van der Waals surface area contributed by atoms with E-state index in [1.165, 1.54) is 44.5 Å². The number of nitrogens with one attached hydrogen (secondary N) is 1. The average molecular weight is 698 g/mol. The lowest BCUT2D eigenvalue weighted by Gasteiger charge is -2.26. The van der Waals surface area contributed by atoms with Crippen LogP contribution in [0, 0.1) is 0 Å². The standard InChI is InChI=1S/C49H39N5/c1-48(2)39-15-7-5-13-35(39)37-21-19-30(28-41(37)48)45-52-46(31-20-22-38-36-14-6-8-16-40(36)49(3,4)42(38)29-31)54-47(53-45)34-26-32(43-17-9-11-23-50-43)25-33(27-34)44-18-10-12-24-51-44/h5-29,45H,1-4H3,(H,52,53,54). The summed E-state index contributed by atoms with van der Waals surface area (Å²) in [5.74, 6) is 1.55. The summed E-state index contributed by atoms with van der Waals surface area (Å²) in [6, 6.07) is 49.7. The minimum Gasteiger partial charge on any atom is -0.324 e. The molecule has 1 unspecified atom stereocenters. The van der Waals surface area contributed by atoms with Crippen molar-refractivity contribution in [1.29, 1.82) is 0 Å². The molecule has 7 aromatic rings. The number of hydrogen-bond acceptors (Lipinski definition) is 5. The zero-order valence-corrected chi connectivity index (χ0v) is 30.8. The van der Waals surface area contributed by atoms with E-state index in [1.807, 2.05) is 48.8 Å². The Labute approximate surface area is 316 Å². The van der Waals surface area contributed by atoms with Gasteiger partial charge in [-0.25, -0.2) is 9.98 Å². The van der Waals surface area contributed by atoms with Crippen molar-refractivity contribution >= 4 is 11.7 Å². The van der Waals surface area contributed by atoms with E-state index in [9.17, 15) is 0 Å².